The highest BCUT2D eigenvalue weighted by molar-refractivity contribution is 7.89. The Kier molecular flexibility index (Phi) is 4.27. The van der Waals surface area contributed by atoms with Crippen LogP contribution in [-0.4, -0.2) is 24.3 Å². The van der Waals surface area contributed by atoms with E-state index in [4.69, 9.17) is 11.6 Å². The van der Waals surface area contributed by atoms with E-state index in [2.05, 4.69) is 4.98 Å². The van der Waals surface area contributed by atoms with Gasteiger partial charge in [-0.15, -0.1) is 11.3 Å². The SMILES string of the molecule is O=S(=O)(c1ccc(F)c(Cl)c1)N1CCC[C@@H]1c1nc2ccccc2s1. The van der Waals surface area contributed by atoms with Crippen LogP contribution in [0.5, 0.6) is 0 Å². The van der Waals surface area contributed by atoms with E-state index in [0.717, 1.165) is 27.7 Å². The van der Waals surface area contributed by atoms with Crippen molar-refractivity contribution in [2.24, 2.45) is 0 Å². The quantitative estimate of drug-likeness (QED) is 0.649. The number of hydrogen-bond donors (Lipinski definition) is 0. The Morgan fingerprint density at radius 2 is 2.04 bits per heavy atom. The van der Waals surface area contributed by atoms with Crippen LogP contribution < -0.4 is 0 Å². The molecule has 1 aliphatic heterocycles. The van der Waals surface area contributed by atoms with E-state index in [0.29, 0.717) is 13.0 Å². The van der Waals surface area contributed by atoms with E-state index in [1.165, 1.54) is 27.8 Å². The molecule has 0 bridgehead atoms. The van der Waals surface area contributed by atoms with Crippen molar-refractivity contribution in [2.45, 2.75) is 23.8 Å². The first-order chi connectivity index (χ1) is 12.0. The van der Waals surface area contributed by atoms with Gasteiger partial charge in [0.15, 0.2) is 0 Å². The van der Waals surface area contributed by atoms with Crippen LogP contribution in [0.25, 0.3) is 10.2 Å². The first-order valence-corrected chi connectivity index (χ1v) is 10.4. The van der Waals surface area contributed by atoms with Gasteiger partial charge in [0.25, 0.3) is 0 Å². The lowest BCUT2D eigenvalue weighted by Crippen LogP contribution is -2.30. The second-order valence-electron chi connectivity index (χ2n) is 5.87. The summed E-state index contributed by atoms with van der Waals surface area (Å²) in [6.45, 7) is 0.415. The van der Waals surface area contributed by atoms with E-state index in [1.54, 1.807) is 0 Å². The topological polar surface area (TPSA) is 50.3 Å². The smallest absolute Gasteiger partial charge is 0.239 e. The molecule has 130 valence electrons. The summed E-state index contributed by atoms with van der Waals surface area (Å²) in [6, 6.07) is 10.9. The molecule has 1 saturated heterocycles. The maximum absolute atomic E-state index is 13.4. The molecule has 4 rings (SSSR count). The highest BCUT2D eigenvalue weighted by Gasteiger charge is 2.38. The average Bonchev–Trinajstić information content (AvgIpc) is 3.23. The monoisotopic (exact) mass is 396 g/mol. The lowest BCUT2D eigenvalue weighted by atomic mass is 10.2. The summed E-state index contributed by atoms with van der Waals surface area (Å²) >= 11 is 7.28. The number of hydrogen-bond acceptors (Lipinski definition) is 4. The molecule has 2 aromatic carbocycles. The number of nitrogens with zero attached hydrogens (tertiary/aromatic N) is 2. The third-order valence-electron chi connectivity index (χ3n) is 4.30. The third kappa shape index (κ3) is 2.95. The molecule has 0 aliphatic carbocycles. The summed E-state index contributed by atoms with van der Waals surface area (Å²) in [7, 11) is -3.76. The Morgan fingerprint density at radius 3 is 2.80 bits per heavy atom. The first-order valence-electron chi connectivity index (χ1n) is 7.79. The Morgan fingerprint density at radius 1 is 1.24 bits per heavy atom. The van der Waals surface area contributed by atoms with Gasteiger partial charge in [-0.05, 0) is 43.2 Å². The Hall–Kier alpha value is -1.54. The number of halogens is 2. The molecule has 1 fully saturated rings. The predicted molar refractivity (Wildman–Crippen MR) is 96.9 cm³/mol. The molecule has 0 N–H and O–H groups in total. The Balaban J connectivity index is 1.74. The fourth-order valence-electron chi connectivity index (χ4n) is 3.08. The van der Waals surface area contributed by atoms with Gasteiger partial charge >= 0.3 is 0 Å². The van der Waals surface area contributed by atoms with Crippen molar-refractivity contribution < 1.29 is 12.8 Å². The first kappa shape index (κ1) is 16.9. The summed E-state index contributed by atoms with van der Waals surface area (Å²) in [5.41, 5.74) is 0.872. The second kappa shape index (κ2) is 6.32. The molecule has 1 atom stereocenters. The molecule has 4 nitrogen and oxygen atoms in total. The minimum atomic E-state index is -3.76. The molecular weight excluding hydrogens is 383 g/mol. The maximum Gasteiger partial charge on any atom is 0.243 e. The number of aromatic nitrogens is 1. The maximum atomic E-state index is 13.4. The van der Waals surface area contributed by atoms with Gasteiger partial charge in [-0.25, -0.2) is 17.8 Å². The van der Waals surface area contributed by atoms with Gasteiger partial charge in [0.2, 0.25) is 10.0 Å². The third-order valence-corrected chi connectivity index (χ3v) is 7.63. The van der Waals surface area contributed by atoms with Crippen molar-refractivity contribution in [3.05, 3.63) is 58.3 Å². The number of fused-ring (bicyclic) bond motifs is 1. The summed E-state index contributed by atoms with van der Waals surface area (Å²) in [5, 5.41) is 0.590. The molecule has 1 aromatic heterocycles. The molecule has 25 heavy (non-hydrogen) atoms. The van der Waals surface area contributed by atoms with Crippen molar-refractivity contribution in [3.63, 3.8) is 0 Å². The zero-order valence-corrected chi connectivity index (χ0v) is 15.4. The highest BCUT2D eigenvalue weighted by Crippen LogP contribution is 2.39. The minimum absolute atomic E-state index is 0.00640. The molecule has 0 saturated carbocycles. The standard InChI is InChI=1S/C17H14ClFN2O2S2/c18-12-10-11(7-8-13(12)19)25(22,23)21-9-3-5-15(21)17-20-14-4-1-2-6-16(14)24-17/h1-2,4,6-8,10,15H,3,5,9H2/t15-/m1/s1. The molecule has 3 aromatic rings. The Labute approximate surface area is 153 Å². The van der Waals surface area contributed by atoms with Crippen molar-refractivity contribution in [2.75, 3.05) is 6.54 Å². The fourth-order valence-corrected chi connectivity index (χ4v) is 6.19. The summed E-state index contributed by atoms with van der Waals surface area (Å²) in [4.78, 5) is 4.62. The van der Waals surface area contributed by atoms with Crippen LogP contribution in [0.2, 0.25) is 5.02 Å². The van der Waals surface area contributed by atoms with E-state index in [1.807, 2.05) is 24.3 Å². The number of rotatable bonds is 3. The summed E-state index contributed by atoms with van der Waals surface area (Å²) in [6.07, 6.45) is 1.47. The van der Waals surface area contributed by atoms with Gasteiger partial charge in [-0.3, -0.25) is 0 Å². The van der Waals surface area contributed by atoms with Crippen molar-refractivity contribution in [1.29, 1.82) is 0 Å². The average molecular weight is 397 g/mol. The molecule has 0 amide bonds. The molecule has 8 heteroatoms. The lowest BCUT2D eigenvalue weighted by Gasteiger charge is -2.22. The van der Waals surface area contributed by atoms with Gasteiger partial charge in [-0.2, -0.15) is 4.31 Å². The second-order valence-corrected chi connectivity index (χ2v) is 9.23. The van der Waals surface area contributed by atoms with E-state index < -0.39 is 15.8 Å². The Bertz CT molecular complexity index is 1020. The van der Waals surface area contributed by atoms with Crippen LogP contribution >= 0.6 is 22.9 Å². The molecule has 0 radical (unpaired) electrons. The van der Waals surface area contributed by atoms with Crippen LogP contribution in [0.4, 0.5) is 4.39 Å². The van der Waals surface area contributed by atoms with Crippen LogP contribution in [0.3, 0.4) is 0 Å². The number of thiazole rings is 1. The molecular formula is C17H14ClFN2O2S2. The largest absolute Gasteiger partial charge is 0.243 e. The van der Waals surface area contributed by atoms with E-state index in [9.17, 15) is 12.8 Å². The van der Waals surface area contributed by atoms with Gasteiger partial charge in [-0.1, -0.05) is 23.7 Å². The van der Waals surface area contributed by atoms with Crippen LogP contribution in [-0.2, 0) is 10.0 Å². The van der Waals surface area contributed by atoms with E-state index >= 15 is 0 Å². The van der Waals surface area contributed by atoms with Crippen molar-refractivity contribution >= 4 is 43.2 Å². The molecule has 2 heterocycles. The van der Waals surface area contributed by atoms with Gasteiger partial charge in [0.05, 0.1) is 26.2 Å². The summed E-state index contributed by atoms with van der Waals surface area (Å²) < 4.78 is 41.9. The van der Waals surface area contributed by atoms with Crippen LogP contribution in [0.1, 0.15) is 23.9 Å². The number of benzene rings is 2. The fraction of sp³-hybridized carbons (Fsp3) is 0.235. The number of sulfonamides is 1. The van der Waals surface area contributed by atoms with Crippen molar-refractivity contribution in [1.82, 2.24) is 9.29 Å². The minimum Gasteiger partial charge on any atom is -0.239 e. The molecule has 0 unspecified atom stereocenters. The van der Waals surface area contributed by atoms with Gasteiger partial charge < -0.3 is 0 Å². The number of para-hydroxylation sites is 1. The van der Waals surface area contributed by atoms with Gasteiger partial charge in [0, 0.05) is 6.54 Å². The highest BCUT2D eigenvalue weighted by atomic mass is 35.5. The molecule has 1 aliphatic rings. The normalized spacial score (nSPS) is 18.9. The zero-order chi connectivity index (χ0) is 17.6. The summed E-state index contributed by atoms with van der Waals surface area (Å²) in [5.74, 6) is -0.634. The zero-order valence-electron chi connectivity index (χ0n) is 13.0. The van der Waals surface area contributed by atoms with E-state index in [-0.39, 0.29) is 16.0 Å². The van der Waals surface area contributed by atoms with Gasteiger partial charge in [0.1, 0.15) is 10.8 Å². The lowest BCUT2D eigenvalue weighted by molar-refractivity contribution is 0.396. The van der Waals surface area contributed by atoms with Crippen molar-refractivity contribution in [3.8, 4) is 0 Å². The molecule has 0 spiro atoms. The predicted octanol–water partition coefficient (Wildman–Crippen LogP) is 4.61. The van der Waals surface area contributed by atoms with Crippen LogP contribution in [0.15, 0.2) is 47.4 Å². The van der Waals surface area contributed by atoms with Crippen LogP contribution in [0, 0.1) is 5.82 Å².